The van der Waals surface area contributed by atoms with Crippen molar-refractivity contribution in [2.75, 3.05) is 13.2 Å². The van der Waals surface area contributed by atoms with Crippen molar-refractivity contribution in [3.63, 3.8) is 0 Å². The van der Waals surface area contributed by atoms with Crippen LogP contribution in [0.25, 0.3) is 0 Å². The van der Waals surface area contributed by atoms with E-state index in [4.69, 9.17) is 15.1 Å². The molecule has 8 nitrogen and oxygen atoms in total. The number of carboxylic acid groups (broad SMARTS) is 1. The minimum absolute atomic E-state index is 0.0911. The van der Waals surface area contributed by atoms with Gasteiger partial charge in [0.2, 0.25) is 0 Å². The smallest absolute Gasteiger partial charge is 0.535 e. The van der Waals surface area contributed by atoms with Crippen LogP contribution in [-0.4, -0.2) is 51.7 Å². The van der Waals surface area contributed by atoms with E-state index in [9.17, 15) is 14.9 Å². The van der Waals surface area contributed by atoms with Crippen LogP contribution in [0.2, 0.25) is 0 Å². The van der Waals surface area contributed by atoms with E-state index in [-0.39, 0.29) is 16.5 Å². The number of thioether (sulfide) groups is 1. The molecule has 0 unspecified atom stereocenters. The molecule has 1 aliphatic rings. The Morgan fingerprint density at radius 2 is 2.36 bits per heavy atom. The molecule has 11 heteroatoms. The largest absolute Gasteiger partial charge is 0.537 e. The van der Waals surface area contributed by atoms with Gasteiger partial charge < -0.3 is 25.3 Å². The quantitative estimate of drug-likeness (QED) is 0.628. The number of hydrogen-bond donors (Lipinski definition) is 3. The Kier molecular flexibility index (Phi) is 5.47. The standard InChI is InChI=1S/C14H16BN3O5S2/c1-7-2-3-8-6-9(15(21)23-11(8)10(7)12(19)20)24-14-18-17-13(25-14)22-5-4-16/h2-3,9,21H,4-6,16H2,1H3,(H,19,20)/t9-/m0/s1. The fraction of sp³-hybridized carbons (Fsp3) is 0.357. The van der Waals surface area contributed by atoms with E-state index in [0.717, 1.165) is 5.56 Å². The van der Waals surface area contributed by atoms with Crippen LogP contribution in [0.3, 0.4) is 0 Å². The van der Waals surface area contributed by atoms with Crippen molar-refractivity contribution in [2.24, 2.45) is 5.73 Å². The van der Waals surface area contributed by atoms with E-state index in [1.807, 2.05) is 6.07 Å². The number of aromatic carboxylic acids is 1. The predicted octanol–water partition coefficient (Wildman–Crippen LogP) is 0.998. The first-order valence-corrected chi connectivity index (χ1v) is 9.22. The van der Waals surface area contributed by atoms with Gasteiger partial charge in [0.05, 0.1) is 5.15 Å². The van der Waals surface area contributed by atoms with E-state index in [1.54, 1.807) is 13.0 Å². The normalized spacial score (nSPS) is 16.3. The third kappa shape index (κ3) is 3.89. The van der Waals surface area contributed by atoms with Crippen LogP contribution < -0.4 is 15.1 Å². The van der Waals surface area contributed by atoms with Crippen LogP contribution in [-0.2, 0) is 6.42 Å². The Labute approximate surface area is 152 Å². The molecular weight excluding hydrogens is 365 g/mol. The molecule has 2 aromatic rings. The summed E-state index contributed by atoms with van der Waals surface area (Å²) in [5.41, 5.74) is 6.80. The molecular formula is C14H16BN3O5S2. The first-order valence-electron chi connectivity index (χ1n) is 7.53. The highest BCUT2D eigenvalue weighted by molar-refractivity contribution is 8.02. The number of ether oxygens (including phenoxy) is 1. The molecule has 1 aromatic heterocycles. The van der Waals surface area contributed by atoms with Crippen LogP contribution in [0.15, 0.2) is 16.5 Å². The number of fused-ring (bicyclic) bond motifs is 1. The Morgan fingerprint density at radius 1 is 1.56 bits per heavy atom. The average molecular weight is 381 g/mol. The van der Waals surface area contributed by atoms with Crippen molar-refractivity contribution in [2.45, 2.75) is 22.8 Å². The van der Waals surface area contributed by atoms with E-state index in [1.165, 1.54) is 23.1 Å². The highest BCUT2D eigenvalue weighted by atomic mass is 32.2. The van der Waals surface area contributed by atoms with Crippen molar-refractivity contribution < 1.29 is 24.3 Å². The SMILES string of the molecule is Cc1ccc2c(c1C(=O)O)OB(O)[C@@H](Sc1nnc(OCCN)s1)C2. The molecule has 0 radical (unpaired) electrons. The summed E-state index contributed by atoms with van der Waals surface area (Å²) < 4.78 is 11.5. The van der Waals surface area contributed by atoms with E-state index in [2.05, 4.69) is 10.2 Å². The number of nitrogens with two attached hydrogens (primary N) is 1. The zero-order valence-corrected chi connectivity index (χ0v) is 15.0. The number of rotatable bonds is 6. The first kappa shape index (κ1) is 18.0. The van der Waals surface area contributed by atoms with Gasteiger partial charge >= 0.3 is 13.1 Å². The lowest BCUT2D eigenvalue weighted by Crippen LogP contribution is -2.40. The van der Waals surface area contributed by atoms with E-state index < -0.39 is 13.1 Å². The number of nitrogens with zero attached hydrogens (tertiary/aromatic N) is 2. The van der Waals surface area contributed by atoms with E-state index >= 15 is 0 Å². The number of benzene rings is 1. The highest BCUT2D eigenvalue weighted by Crippen LogP contribution is 2.39. The molecule has 2 heterocycles. The van der Waals surface area contributed by atoms with Crippen LogP contribution in [0.5, 0.6) is 10.9 Å². The first-order chi connectivity index (χ1) is 12.0. The summed E-state index contributed by atoms with van der Waals surface area (Å²) in [5, 5.41) is 27.7. The van der Waals surface area contributed by atoms with Gasteiger partial charge in [0.1, 0.15) is 17.9 Å². The average Bonchev–Trinajstić information content (AvgIpc) is 3.01. The van der Waals surface area contributed by atoms with Gasteiger partial charge in [-0.2, -0.15) is 0 Å². The van der Waals surface area contributed by atoms with Crippen LogP contribution in [0.4, 0.5) is 0 Å². The second-order valence-corrected chi connectivity index (χ2v) is 7.82. The minimum Gasteiger partial charge on any atom is -0.535 e. The van der Waals surface area contributed by atoms with Gasteiger partial charge in [0.25, 0.3) is 5.19 Å². The van der Waals surface area contributed by atoms with Crippen LogP contribution in [0.1, 0.15) is 21.5 Å². The Hall–Kier alpha value is -1.82. The maximum Gasteiger partial charge on any atom is 0.537 e. The molecule has 3 rings (SSSR count). The molecule has 25 heavy (non-hydrogen) atoms. The van der Waals surface area contributed by atoms with Crippen LogP contribution in [0, 0.1) is 6.92 Å². The van der Waals surface area contributed by atoms with Gasteiger partial charge in [0.15, 0.2) is 4.34 Å². The molecule has 1 aliphatic heterocycles. The Morgan fingerprint density at radius 3 is 3.08 bits per heavy atom. The summed E-state index contributed by atoms with van der Waals surface area (Å²) in [5.74, 6) is -0.834. The highest BCUT2D eigenvalue weighted by Gasteiger charge is 2.38. The van der Waals surface area contributed by atoms with Crippen molar-refractivity contribution in [3.8, 4) is 10.9 Å². The molecule has 1 aromatic carbocycles. The summed E-state index contributed by atoms with van der Waals surface area (Å²) in [6.45, 7) is 2.45. The summed E-state index contributed by atoms with van der Waals surface area (Å²) in [6.07, 6.45) is 0.459. The molecule has 132 valence electrons. The molecule has 0 spiro atoms. The van der Waals surface area contributed by atoms with Gasteiger partial charge in [-0.25, -0.2) is 4.79 Å². The molecule has 1 atom stereocenters. The van der Waals surface area contributed by atoms with Crippen molar-refractivity contribution in [1.82, 2.24) is 10.2 Å². The summed E-state index contributed by atoms with van der Waals surface area (Å²) in [7, 11) is -1.14. The summed E-state index contributed by atoms with van der Waals surface area (Å²) in [4.78, 5) is 11.5. The zero-order valence-electron chi connectivity index (χ0n) is 13.3. The van der Waals surface area contributed by atoms with Gasteiger partial charge in [0, 0.05) is 6.54 Å². The second-order valence-electron chi connectivity index (χ2n) is 5.39. The minimum atomic E-state index is -1.14. The molecule has 0 saturated carbocycles. The van der Waals surface area contributed by atoms with Gasteiger partial charge in [-0.3, -0.25) is 0 Å². The lowest BCUT2D eigenvalue weighted by molar-refractivity contribution is 0.0693. The fourth-order valence-electron chi connectivity index (χ4n) is 2.48. The summed E-state index contributed by atoms with van der Waals surface area (Å²) >= 11 is 2.58. The zero-order chi connectivity index (χ0) is 18.0. The predicted molar refractivity (Wildman–Crippen MR) is 94.5 cm³/mol. The molecule has 0 saturated heterocycles. The molecule has 4 N–H and O–H groups in total. The fourth-order valence-corrected chi connectivity index (χ4v) is 4.49. The lowest BCUT2D eigenvalue weighted by atomic mass is 9.77. The van der Waals surface area contributed by atoms with Gasteiger partial charge in [-0.1, -0.05) is 29.0 Å². The topological polar surface area (TPSA) is 128 Å². The number of carboxylic acids is 1. The maximum atomic E-state index is 11.5. The van der Waals surface area contributed by atoms with Crippen LogP contribution >= 0.6 is 23.1 Å². The maximum absolute atomic E-state index is 11.5. The molecule has 0 fully saturated rings. The van der Waals surface area contributed by atoms with Crippen molar-refractivity contribution in [1.29, 1.82) is 0 Å². The van der Waals surface area contributed by atoms with Gasteiger partial charge in [-0.15, -0.1) is 5.10 Å². The molecule has 0 amide bonds. The molecule has 0 bridgehead atoms. The molecule has 0 aliphatic carbocycles. The van der Waals surface area contributed by atoms with Crippen molar-refractivity contribution >= 4 is 36.2 Å². The Balaban J connectivity index is 1.77. The van der Waals surface area contributed by atoms with Gasteiger partial charge in [-0.05, 0) is 35.8 Å². The number of carbonyl (C=O) groups is 1. The Bertz CT molecular complexity index is 788. The summed E-state index contributed by atoms with van der Waals surface area (Å²) in [6, 6.07) is 3.57. The van der Waals surface area contributed by atoms with E-state index in [0.29, 0.717) is 34.7 Å². The van der Waals surface area contributed by atoms with Crippen molar-refractivity contribution in [3.05, 3.63) is 28.8 Å². The second kappa shape index (κ2) is 7.60. The number of aromatic nitrogens is 2. The lowest BCUT2D eigenvalue weighted by Gasteiger charge is -2.27. The number of hydrogen-bond acceptors (Lipinski definition) is 9. The number of aryl methyl sites for hydroxylation is 1. The monoisotopic (exact) mass is 381 g/mol. The third-order valence-electron chi connectivity index (χ3n) is 3.62. The third-order valence-corrected chi connectivity index (χ3v) is 5.78.